The summed E-state index contributed by atoms with van der Waals surface area (Å²) in [6.45, 7) is 0. The number of carboxylic acid groups (broad SMARTS) is 1. The van der Waals surface area contributed by atoms with Gasteiger partial charge in [-0.3, -0.25) is 9.59 Å². The Kier molecular flexibility index (Phi) is 3.11. The van der Waals surface area contributed by atoms with Crippen molar-refractivity contribution in [3.63, 3.8) is 0 Å². The van der Waals surface area contributed by atoms with E-state index in [9.17, 15) is 18.0 Å². The number of hydrogen-bond acceptors (Lipinski definition) is 4. The van der Waals surface area contributed by atoms with Gasteiger partial charge in [0.2, 0.25) is 5.91 Å². The summed E-state index contributed by atoms with van der Waals surface area (Å²) >= 11 is 0. The molecular weight excluding hydrogens is 246 g/mol. The highest BCUT2D eigenvalue weighted by atomic mass is 32.2. The summed E-state index contributed by atoms with van der Waals surface area (Å²) in [5.74, 6) is -1.96. The predicted octanol–water partition coefficient (Wildman–Crippen LogP) is -0.599. The van der Waals surface area contributed by atoms with Crippen LogP contribution in [0.5, 0.6) is 0 Å². The normalized spacial score (nSPS) is 31.8. The molecule has 0 spiro atoms. The molecule has 1 saturated carbocycles. The highest BCUT2D eigenvalue weighted by molar-refractivity contribution is 7.91. The van der Waals surface area contributed by atoms with E-state index in [4.69, 9.17) is 5.11 Å². The Morgan fingerprint density at radius 2 is 1.71 bits per heavy atom. The van der Waals surface area contributed by atoms with Crippen LogP contribution in [0.1, 0.15) is 19.3 Å². The first kappa shape index (κ1) is 12.3. The SMILES string of the molecule is O=C(O)[C@H]1C[C@H]1C(=O)NC1CCS(=O)(=O)CC1. The molecule has 0 bridgehead atoms. The van der Waals surface area contributed by atoms with Crippen LogP contribution >= 0.6 is 0 Å². The summed E-state index contributed by atoms with van der Waals surface area (Å²) in [4.78, 5) is 22.2. The van der Waals surface area contributed by atoms with Gasteiger partial charge in [0.25, 0.3) is 0 Å². The maximum atomic E-state index is 11.6. The smallest absolute Gasteiger partial charge is 0.307 e. The first-order valence-electron chi connectivity index (χ1n) is 5.62. The van der Waals surface area contributed by atoms with Crippen molar-refractivity contribution in [1.29, 1.82) is 0 Å². The monoisotopic (exact) mass is 261 g/mol. The second kappa shape index (κ2) is 4.29. The fraction of sp³-hybridized carbons (Fsp3) is 0.800. The maximum absolute atomic E-state index is 11.6. The molecule has 1 aliphatic heterocycles. The first-order valence-corrected chi connectivity index (χ1v) is 7.45. The lowest BCUT2D eigenvalue weighted by Gasteiger charge is -2.23. The number of sulfone groups is 1. The van der Waals surface area contributed by atoms with Crippen LogP contribution in [-0.2, 0) is 19.4 Å². The highest BCUT2D eigenvalue weighted by Crippen LogP contribution is 2.38. The lowest BCUT2D eigenvalue weighted by atomic mass is 10.1. The van der Waals surface area contributed by atoms with Gasteiger partial charge < -0.3 is 10.4 Å². The van der Waals surface area contributed by atoms with Crippen molar-refractivity contribution >= 4 is 21.7 Å². The van der Waals surface area contributed by atoms with E-state index in [2.05, 4.69) is 5.32 Å². The van der Waals surface area contributed by atoms with Gasteiger partial charge in [-0.25, -0.2) is 8.42 Å². The lowest BCUT2D eigenvalue weighted by molar-refractivity contribution is -0.140. The molecule has 2 fully saturated rings. The number of carboxylic acids is 1. The molecular formula is C10H15NO5S. The van der Waals surface area contributed by atoms with Crippen LogP contribution in [0.2, 0.25) is 0 Å². The molecule has 7 heteroatoms. The number of hydrogen-bond donors (Lipinski definition) is 2. The van der Waals surface area contributed by atoms with Crippen LogP contribution < -0.4 is 5.32 Å². The standard InChI is InChI=1S/C10H15NO5S/c12-9(7-5-8(7)10(13)14)11-6-1-3-17(15,16)4-2-6/h6-8H,1-5H2,(H,11,12)(H,13,14)/t7-,8+/m1/s1. The molecule has 96 valence electrons. The Hall–Kier alpha value is -1.11. The second-order valence-electron chi connectivity index (χ2n) is 4.72. The van der Waals surface area contributed by atoms with Crippen molar-refractivity contribution in [3.8, 4) is 0 Å². The number of rotatable bonds is 3. The minimum Gasteiger partial charge on any atom is -0.481 e. The van der Waals surface area contributed by atoms with Crippen molar-refractivity contribution in [3.05, 3.63) is 0 Å². The van der Waals surface area contributed by atoms with E-state index < -0.39 is 27.6 Å². The Bertz CT molecular complexity index is 430. The molecule has 0 unspecified atom stereocenters. The molecule has 1 saturated heterocycles. The Balaban J connectivity index is 1.79. The van der Waals surface area contributed by atoms with Gasteiger partial charge in [0.15, 0.2) is 0 Å². The van der Waals surface area contributed by atoms with Gasteiger partial charge in [-0.05, 0) is 19.3 Å². The van der Waals surface area contributed by atoms with Gasteiger partial charge in [-0.15, -0.1) is 0 Å². The molecule has 2 aliphatic rings. The van der Waals surface area contributed by atoms with Gasteiger partial charge >= 0.3 is 5.97 Å². The third-order valence-corrected chi connectivity index (χ3v) is 5.06. The molecule has 2 rings (SSSR count). The van der Waals surface area contributed by atoms with Crippen molar-refractivity contribution < 1.29 is 23.1 Å². The van der Waals surface area contributed by atoms with E-state index >= 15 is 0 Å². The minimum atomic E-state index is -2.93. The van der Waals surface area contributed by atoms with Crippen LogP contribution in [0, 0.1) is 11.8 Å². The molecule has 0 radical (unpaired) electrons. The average Bonchev–Trinajstić information content (AvgIpc) is 3.01. The largest absolute Gasteiger partial charge is 0.481 e. The van der Waals surface area contributed by atoms with E-state index in [1.807, 2.05) is 0 Å². The Morgan fingerprint density at radius 1 is 1.12 bits per heavy atom. The summed E-state index contributed by atoms with van der Waals surface area (Å²) in [5.41, 5.74) is 0. The Labute approximate surface area is 99.3 Å². The van der Waals surface area contributed by atoms with Gasteiger partial charge in [0.1, 0.15) is 9.84 Å². The number of carbonyl (C=O) groups is 2. The van der Waals surface area contributed by atoms with Gasteiger partial charge in [-0.2, -0.15) is 0 Å². The third kappa shape index (κ3) is 2.96. The molecule has 0 aromatic carbocycles. The van der Waals surface area contributed by atoms with E-state index in [0.717, 1.165) is 0 Å². The summed E-state index contributed by atoms with van der Waals surface area (Å²) in [5, 5.41) is 11.4. The molecule has 1 amide bonds. The molecule has 2 N–H and O–H groups in total. The van der Waals surface area contributed by atoms with Crippen LogP contribution in [0.15, 0.2) is 0 Å². The van der Waals surface area contributed by atoms with Gasteiger partial charge in [0.05, 0.1) is 23.3 Å². The van der Waals surface area contributed by atoms with Crippen LogP contribution in [0.3, 0.4) is 0 Å². The average molecular weight is 261 g/mol. The molecule has 2 atom stereocenters. The van der Waals surface area contributed by atoms with Crippen molar-refractivity contribution in [2.75, 3.05) is 11.5 Å². The second-order valence-corrected chi connectivity index (χ2v) is 7.03. The quantitative estimate of drug-likeness (QED) is 0.706. The summed E-state index contributed by atoms with van der Waals surface area (Å²) in [6.07, 6.45) is 1.25. The fourth-order valence-corrected chi connectivity index (χ4v) is 3.59. The zero-order valence-electron chi connectivity index (χ0n) is 9.26. The highest BCUT2D eigenvalue weighted by Gasteiger charge is 2.48. The van der Waals surface area contributed by atoms with Crippen molar-refractivity contribution in [2.45, 2.75) is 25.3 Å². The van der Waals surface area contributed by atoms with Crippen molar-refractivity contribution in [1.82, 2.24) is 5.32 Å². The van der Waals surface area contributed by atoms with Crippen LogP contribution in [0.25, 0.3) is 0 Å². The van der Waals surface area contributed by atoms with Crippen LogP contribution in [0.4, 0.5) is 0 Å². The molecule has 6 nitrogen and oxygen atoms in total. The predicted molar refractivity (Wildman–Crippen MR) is 59.1 cm³/mol. The molecule has 0 aromatic rings. The van der Waals surface area contributed by atoms with E-state index in [1.54, 1.807) is 0 Å². The van der Waals surface area contributed by atoms with Gasteiger partial charge in [0, 0.05) is 6.04 Å². The van der Waals surface area contributed by atoms with E-state index in [1.165, 1.54) is 0 Å². The first-order chi connectivity index (χ1) is 7.89. The molecule has 1 heterocycles. The van der Waals surface area contributed by atoms with Gasteiger partial charge in [-0.1, -0.05) is 0 Å². The topological polar surface area (TPSA) is 101 Å². The summed E-state index contributed by atoms with van der Waals surface area (Å²) in [6, 6.07) is -0.124. The van der Waals surface area contributed by atoms with E-state index in [0.29, 0.717) is 19.3 Å². The minimum absolute atomic E-state index is 0.102. The van der Waals surface area contributed by atoms with Crippen molar-refractivity contribution in [2.24, 2.45) is 11.8 Å². The lowest BCUT2D eigenvalue weighted by Crippen LogP contribution is -2.41. The third-order valence-electron chi connectivity index (χ3n) is 3.35. The maximum Gasteiger partial charge on any atom is 0.307 e. The number of amides is 1. The summed E-state index contributed by atoms with van der Waals surface area (Å²) in [7, 11) is -2.93. The fourth-order valence-electron chi connectivity index (χ4n) is 2.10. The number of carbonyl (C=O) groups excluding carboxylic acids is 1. The number of nitrogens with one attached hydrogen (secondary N) is 1. The molecule has 17 heavy (non-hydrogen) atoms. The molecule has 0 aromatic heterocycles. The zero-order chi connectivity index (χ0) is 12.6. The summed E-state index contributed by atoms with van der Waals surface area (Å²) < 4.78 is 22.4. The van der Waals surface area contributed by atoms with E-state index in [-0.39, 0.29) is 23.5 Å². The number of aliphatic carboxylic acids is 1. The van der Waals surface area contributed by atoms with Crippen LogP contribution in [-0.4, -0.2) is 42.9 Å². The molecule has 1 aliphatic carbocycles. The Morgan fingerprint density at radius 3 is 2.18 bits per heavy atom. The zero-order valence-corrected chi connectivity index (χ0v) is 10.1.